The van der Waals surface area contributed by atoms with Crippen LogP contribution in [0, 0.1) is 5.92 Å². The molecule has 1 amide bonds. The number of amides is 1. The van der Waals surface area contributed by atoms with E-state index in [-0.39, 0.29) is 11.4 Å². The first-order chi connectivity index (χ1) is 14.1. The molecule has 2 aliphatic heterocycles. The Labute approximate surface area is 170 Å². The molecule has 0 aliphatic carbocycles. The van der Waals surface area contributed by atoms with Gasteiger partial charge in [-0.25, -0.2) is 4.98 Å². The van der Waals surface area contributed by atoms with Crippen molar-refractivity contribution in [3.05, 3.63) is 66.5 Å². The summed E-state index contributed by atoms with van der Waals surface area (Å²) in [5, 5.41) is 0. The molecule has 1 fully saturated rings. The zero-order valence-corrected chi connectivity index (χ0v) is 16.9. The normalized spacial score (nSPS) is 20.4. The minimum Gasteiger partial charge on any atom is -0.459 e. The van der Waals surface area contributed by atoms with Crippen LogP contribution < -0.4 is 4.90 Å². The van der Waals surface area contributed by atoms with E-state index in [4.69, 9.17) is 4.42 Å². The lowest BCUT2D eigenvalue weighted by atomic mass is 9.88. The fourth-order valence-corrected chi connectivity index (χ4v) is 4.77. The van der Waals surface area contributed by atoms with Crippen molar-refractivity contribution in [1.29, 1.82) is 0 Å². The van der Waals surface area contributed by atoms with Gasteiger partial charge in [-0.15, -0.1) is 0 Å². The molecule has 0 radical (unpaired) electrons. The summed E-state index contributed by atoms with van der Waals surface area (Å²) in [5.74, 6) is 1.94. The third-order valence-electron chi connectivity index (χ3n) is 6.22. The van der Waals surface area contributed by atoms with E-state index in [0.29, 0.717) is 24.8 Å². The second-order valence-corrected chi connectivity index (χ2v) is 8.43. The Bertz CT molecular complexity index is 1020. The average molecular weight is 390 g/mol. The van der Waals surface area contributed by atoms with Gasteiger partial charge in [0.1, 0.15) is 5.54 Å². The second-order valence-electron chi connectivity index (χ2n) is 8.43. The van der Waals surface area contributed by atoms with Gasteiger partial charge >= 0.3 is 0 Å². The van der Waals surface area contributed by atoms with Crippen molar-refractivity contribution in [1.82, 2.24) is 14.5 Å². The van der Waals surface area contributed by atoms with Crippen molar-refractivity contribution in [2.75, 3.05) is 24.5 Å². The van der Waals surface area contributed by atoms with E-state index in [0.717, 1.165) is 30.9 Å². The number of aromatic nitrogens is 2. The molecule has 0 saturated carbocycles. The van der Waals surface area contributed by atoms with E-state index in [2.05, 4.69) is 52.7 Å². The number of fused-ring (bicyclic) bond motifs is 4. The summed E-state index contributed by atoms with van der Waals surface area (Å²) in [6, 6.07) is 11.9. The van der Waals surface area contributed by atoms with Crippen LogP contribution in [0.5, 0.6) is 0 Å². The van der Waals surface area contributed by atoms with Crippen molar-refractivity contribution in [2.24, 2.45) is 5.92 Å². The van der Waals surface area contributed by atoms with Gasteiger partial charge < -0.3 is 18.8 Å². The molecule has 6 nitrogen and oxygen atoms in total. The Morgan fingerprint density at radius 2 is 2.14 bits per heavy atom. The fraction of sp³-hybridized carbons (Fsp3) is 0.391. The predicted molar refractivity (Wildman–Crippen MR) is 111 cm³/mol. The molecule has 5 rings (SSSR count). The maximum atomic E-state index is 13.0. The van der Waals surface area contributed by atoms with Crippen LogP contribution in [0.4, 0.5) is 5.69 Å². The summed E-state index contributed by atoms with van der Waals surface area (Å²) in [5.41, 5.74) is 2.10. The number of pyridine rings is 1. The molecule has 1 spiro atoms. The first-order valence-corrected chi connectivity index (χ1v) is 10.3. The maximum absolute atomic E-state index is 13.0. The van der Waals surface area contributed by atoms with Gasteiger partial charge in [0.15, 0.2) is 11.6 Å². The standard InChI is InChI=1S/C23H26N4O2/c1-17(2)9-13-27-18-6-3-11-24-21(18)26-12-4-8-20(26)23(27)10-14-25(16-23)22(28)19-7-5-15-29-19/h3-8,11-12,15,17H,9-10,13-14,16H2,1-2H3. The lowest BCUT2D eigenvalue weighted by molar-refractivity contribution is 0.0750. The van der Waals surface area contributed by atoms with E-state index in [1.54, 1.807) is 18.4 Å². The van der Waals surface area contributed by atoms with Crippen molar-refractivity contribution >= 4 is 11.6 Å². The third-order valence-corrected chi connectivity index (χ3v) is 6.22. The highest BCUT2D eigenvalue weighted by Crippen LogP contribution is 2.47. The summed E-state index contributed by atoms with van der Waals surface area (Å²) in [4.78, 5) is 22.1. The molecular weight excluding hydrogens is 364 g/mol. The van der Waals surface area contributed by atoms with Crippen LogP contribution in [-0.4, -0.2) is 40.0 Å². The van der Waals surface area contributed by atoms with Crippen LogP contribution in [0.25, 0.3) is 5.82 Å². The van der Waals surface area contributed by atoms with Crippen molar-refractivity contribution in [2.45, 2.75) is 32.2 Å². The van der Waals surface area contributed by atoms with Crippen LogP contribution in [0.3, 0.4) is 0 Å². The highest BCUT2D eigenvalue weighted by atomic mass is 16.3. The van der Waals surface area contributed by atoms with E-state index >= 15 is 0 Å². The Morgan fingerprint density at radius 3 is 2.93 bits per heavy atom. The van der Waals surface area contributed by atoms with Gasteiger partial charge in [0.2, 0.25) is 0 Å². The number of nitrogens with zero attached hydrogens (tertiary/aromatic N) is 4. The SMILES string of the molecule is CC(C)CCN1c2cccnc2-n2cccc2C12CCN(C(=O)c1ccco1)C2. The van der Waals surface area contributed by atoms with Crippen LogP contribution in [-0.2, 0) is 5.54 Å². The third kappa shape index (κ3) is 2.77. The van der Waals surface area contributed by atoms with Gasteiger partial charge in [0, 0.05) is 25.5 Å². The molecule has 6 heteroatoms. The number of rotatable bonds is 4. The minimum absolute atomic E-state index is 0.0363. The van der Waals surface area contributed by atoms with Crippen LogP contribution >= 0.6 is 0 Å². The predicted octanol–water partition coefficient (Wildman–Crippen LogP) is 4.07. The first-order valence-electron chi connectivity index (χ1n) is 10.3. The quantitative estimate of drug-likeness (QED) is 0.674. The highest BCUT2D eigenvalue weighted by Gasteiger charge is 2.50. The van der Waals surface area contributed by atoms with Crippen molar-refractivity contribution < 1.29 is 9.21 Å². The van der Waals surface area contributed by atoms with Crippen molar-refractivity contribution in [3.63, 3.8) is 0 Å². The largest absolute Gasteiger partial charge is 0.459 e. The van der Waals surface area contributed by atoms with Gasteiger partial charge in [-0.1, -0.05) is 13.8 Å². The first kappa shape index (κ1) is 18.0. The second kappa shape index (κ2) is 6.79. The summed E-state index contributed by atoms with van der Waals surface area (Å²) in [7, 11) is 0. The van der Waals surface area contributed by atoms with E-state index < -0.39 is 0 Å². The fourth-order valence-electron chi connectivity index (χ4n) is 4.77. The molecule has 2 aliphatic rings. The molecule has 29 heavy (non-hydrogen) atoms. The number of hydrogen-bond acceptors (Lipinski definition) is 4. The van der Waals surface area contributed by atoms with Gasteiger partial charge in [0.05, 0.1) is 24.2 Å². The van der Waals surface area contributed by atoms with Gasteiger partial charge in [-0.3, -0.25) is 4.79 Å². The van der Waals surface area contributed by atoms with Crippen LogP contribution in [0.15, 0.2) is 59.5 Å². The van der Waals surface area contributed by atoms with Crippen LogP contribution in [0.2, 0.25) is 0 Å². The Hall–Kier alpha value is -3.02. The monoisotopic (exact) mass is 390 g/mol. The Kier molecular flexibility index (Phi) is 4.23. The van der Waals surface area contributed by atoms with Gasteiger partial charge in [-0.2, -0.15) is 0 Å². The maximum Gasteiger partial charge on any atom is 0.289 e. The lowest BCUT2D eigenvalue weighted by Gasteiger charge is -2.47. The molecule has 0 N–H and O–H groups in total. The summed E-state index contributed by atoms with van der Waals surface area (Å²) < 4.78 is 7.58. The smallest absolute Gasteiger partial charge is 0.289 e. The molecule has 0 aromatic carbocycles. The molecular formula is C23H26N4O2. The summed E-state index contributed by atoms with van der Waals surface area (Å²) >= 11 is 0. The number of furan rings is 1. The molecule has 1 unspecified atom stereocenters. The van der Waals surface area contributed by atoms with Gasteiger partial charge in [-0.05, 0) is 55.2 Å². The summed E-state index contributed by atoms with van der Waals surface area (Å²) in [6.45, 7) is 6.79. The topological polar surface area (TPSA) is 54.5 Å². The number of carbonyl (C=O) groups excluding carboxylic acids is 1. The number of hydrogen-bond donors (Lipinski definition) is 0. The van der Waals surface area contributed by atoms with Crippen molar-refractivity contribution in [3.8, 4) is 5.82 Å². The van der Waals surface area contributed by atoms with Gasteiger partial charge in [0.25, 0.3) is 5.91 Å². The molecule has 1 atom stereocenters. The van der Waals surface area contributed by atoms with E-state index in [1.807, 2.05) is 17.2 Å². The number of anilines is 1. The van der Waals surface area contributed by atoms with Crippen LogP contribution in [0.1, 0.15) is 42.9 Å². The Balaban J connectivity index is 1.58. The number of carbonyl (C=O) groups is 1. The van der Waals surface area contributed by atoms with E-state index in [1.165, 1.54) is 5.69 Å². The zero-order valence-electron chi connectivity index (χ0n) is 16.9. The minimum atomic E-state index is -0.253. The summed E-state index contributed by atoms with van der Waals surface area (Å²) in [6.07, 6.45) is 7.46. The molecule has 3 aromatic rings. The molecule has 150 valence electrons. The average Bonchev–Trinajstić information content (AvgIpc) is 3.47. The lowest BCUT2D eigenvalue weighted by Crippen LogP contribution is -2.53. The highest BCUT2D eigenvalue weighted by molar-refractivity contribution is 5.92. The zero-order chi connectivity index (χ0) is 20.0. The molecule has 3 aromatic heterocycles. The number of likely N-dealkylation sites (tertiary alicyclic amines) is 1. The Morgan fingerprint density at radius 1 is 1.24 bits per heavy atom. The molecule has 0 bridgehead atoms. The van der Waals surface area contributed by atoms with E-state index in [9.17, 15) is 4.79 Å². The molecule has 5 heterocycles. The molecule has 1 saturated heterocycles.